The summed E-state index contributed by atoms with van der Waals surface area (Å²) in [5.41, 5.74) is 2.56. The topological polar surface area (TPSA) is 70.6 Å². The number of nitrogens with zero attached hydrogens (tertiary/aromatic N) is 1. The van der Waals surface area contributed by atoms with Gasteiger partial charge in [0.05, 0.1) is 17.5 Å². The third-order valence-corrected chi connectivity index (χ3v) is 5.15. The standard InChI is InChI=1S/C23H26ClN3O2/c1-15(2)23(29)25-14-16-10-11-19(24)18(12-16)22-26-20(13-21(28)27-22)17-8-6-4-3-5-7-9-17/h4,6-12,15,20H,3,5,13-14H2,1-2H3,(H,25,29)(H,26,27,28)/b6-4-,9-7+,17-8+. The first-order valence-corrected chi connectivity index (χ1v) is 10.3. The lowest BCUT2D eigenvalue weighted by atomic mass is 9.98. The molecule has 6 heteroatoms. The number of carbonyl (C=O) groups excluding carboxylic acids is 2. The molecule has 0 fully saturated rings. The summed E-state index contributed by atoms with van der Waals surface area (Å²) in [7, 11) is 0. The number of amides is 2. The smallest absolute Gasteiger partial charge is 0.228 e. The van der Waals surface area contributed by atoms with E-state index in [4.69, 9.17) is 16.6 Å². The quantitative estimate of drug-likeness (QED) is 0.766. The van der Waals surface area contributed by atoms with Crippen molar-refractivity contribution in [3.63, 3.8) is 0 Å². The predicted octanol–water partition coefficient (Wildman–Crippen LogP) is 4.08. The van der Waals surface area contributed by atoms with Gasteiger partial charge in [0.15, 0.2) is 0 Å². The van der Waals surface area contributed by atoms with Gasteiger partial charge in [-0.3, -0.25) is 14.6 Å². The van der Waals surface area contributed by atoms with E-state index in [1.165, 1.54) is 0 Å². The maximum atomic E-state index is 12.4. The van der Waals surface area contributed by atoms with Gasteiger partial charge in [0, 0.05) is 18.0 Å². The molecule has 1 aromatic rings. The number of hydrogen-bond donors (Lipinski definition) is 2. The molecule has 0 aromatic heterocycles. The van der Waals surface area contributed by atoms with Crippen LogP contribution in [0, 0.1) is 5.92 Å². The maximum Gasteiger partial charge on any atom is 0.228 e. The highest BCUT2D eigenvalue weighted by Gasteiger charge is 2.25. The summed E-state index contributed by atoms with van der Waals surface area (Å²) in [6.07, 6.45) is 12.6. The molecule has 1 atom stereocenters. The van der Waals surface area contributed by atoms with Crippen molar-refractivity contribution in [3.8, 4) is 0 Å². The van der Waals surface area contributed by atoms with Crippen molar-refractivity contribution in [3.05, 3.63) is 70.3 Å². The van der Waals surface area contributed by atoms with E-state index in [9.17, 15) is 9.59 Å². The van der Waals surface area contributed by atoms with Gasteiger partial charge in [-0.05, 0) is 36.1 Å². The molecule has 2 aliphatic rings. The predicted molar refractivity (Wildman–Crippen MR) is 117 cm³/mol. The number of allylic oxidation sites excluding steroid dienone is 4. The Morgan fingerprint density at radius 1 is 1.31 bits per heavy atom. The molecule has 0 saturated carbocycles. The van der Waals surface area contributed by atoms with Crippen molar-refractivity contribution in [1.29, 1.82) is 0 Å². The Hall–Kier alpha value is -2.66. The number of nitrogens with one attached hydrogen (secondary N) is 2. The Kier molecular flexibility index (Phi) is 7.04. The lowest BCUT2D eigenvalue weighted by Gasteiger charge is -2.23. The third-order valence-electron chi connectivity index (χ3n) is 4.82. The van der Waals surface area contributed by atoms with E-state index >= 15 is 0 Å². The molecular weight excluding hydrogens is 386 g/mol. The first-order valence-electron chi connectivity index (χ1n) is 9.91. The van der Waals surface area contributed by atoms with Crippen molar-refractivity contribution in [2.45, 2.75) is 45.7 Å². The molecule has 29 heavy (non-hydrogen) atoms. The lowest BCUT2D eigenvalue weighted by Crippen LogP contribution is -2.39. The second kappa shape index (κ2) is 9.70. The monoisotopic (exact) mass is 411 g/mol. The Labute approximate surface area is 176 Å². The third kappa shape index (κ3) is 5.67. The molecule has 0 spiro atoms. The van der Waals surface area contributed by atoms with E-state index < -0.39 is 0 Å². The van der Waals surface area contributed by atoms with Crippen LogP contribution in [0.1, 0.15) is 44.2 Å². The first kappa shape index (κ1) is 21.1. The normalized spacial score (nSPS) is 23.2. The minimum atomic E-state index is -0.252. The molecule has 5 nitrogen and oxygen atoms in total. The van der Waals surface area contributed by atoms with Gasteiger partial charge in [-0.1, -0.05) is 61.9 Å². The van der Waals surface area contributed by atoms with Crippen LogP contribution < -0.4 is 10.6 Å². The van der Waals surface area contributed by atoms with Gasteiger partial charge in [-0.15, -0.1) is 0 Å². The van der Waals surface area contributed by atoms with Crippen molar-refractivity contribution in [2.75, 3.05) is 0 Å². The molecule has 0 saturated heterocycles. The molecule has 1 aliphatic carbocycles. The molecule has 152 valence electrons. The Morgan fingerprint density at radius 2 is 2.10 bits per heavy atom. The van der Waals surface area contributed by atoms with E-state index in [0.717, 1.165) is 24.0 Å². The molecule has 1 unspecified atom stereocenters. The molecule has 3 rings (SSSR count). The molecule has 2 N–H and O–H groups in total. The van der Waals surface area contributed by atoms with E-state index in [2.05, 4.69) is 22.8 Å². The van der Waals surface area contributed by atoms with Crippen LogP contribution in [0.15, 0.2) is 59.1 Å². The summed E-state index contributed by atoms with van der Waals surface area (Å²) in [6, 6.07) is 5.24. The van der Waals surface area contributed by atoms with E-state index in [-0.39, 0.29) is 23.8 Å². The fourth-order valence-electron chi connectivity index (χ4n) is 3.14. The number of carbonyl (C=O) groups is 2. The molecular formula is C23H26ClN3O2. The molecule has 0 radical (unpaired) electrons. The molecule has 0 bridgehead atoms. The van der Waals surface area contributed by atoms with Crippen molar-refractivity contribution in [2.24, 2.45) is 10.9 Å². The summed E-state index contributed by atoms with van der Waals surface area (Å²) in [6.45, 7) is 4.09. The largest absolute Gasteiger partial charge is 0.352 e. The Balaban J connectivity index is 1.87. The van der Waals surface area contributed by atoms with E-state index in [1.807, 2.05) is 44.2 Å². The second-order valence-corrected chi connectivity index (χ2v) is 7.91. The van der Waals surface area contributed by atoms with Gasteiger partial charge >= 0.3 is 0 Å². The molecule has 2 amide bonds. The van der Waals surface area contributed by atoms with Crippen LogP contribution in [-0.2, 0) is 16.1 Å². The average Bonchev–Trinajstić information content (AvgIpc) is 2.66. The Bertz CT molecular complexity index is 913. The van der Waals surface area contributed by atoms with Gasteiger partial charge in [0.25, 0.3) is 0 Å². The van der Waals surface area contributed by atoms with Crippen LogP contribution in [0.5, 0.6) is 0 Å². The van der Waals surface area contributed by atoms with E-state index in [1.54, 1.807) is 6.07 Å². The second-order valence-electron chi connectivity index (χ2n) is 7.51. The molecule has 1 heterocycles. The highest BCUT2D eigenvalue weighted by Crippen LogP contribution is 2.23. The summed E-state index contributed by atoms with van der Waals surface area (Å²) in [5.74, 6) is 0.285. The number of amidine groups is 1. The summed E-state index contributed by atoms with van der Waals surface area (Å²) in [5, 5.41) is 6.25. The minimum Gasteiger partial charge on any atom is -0.352 e. The van der Waals surface area contributed by atoms with E-state index in [0.29, 0.717) is 29.4 Å². The average molecular weight is 412 g/mol. The zero-order valence-electron chi connectivity index (χ0n) is 16.7. The Morgan fingerprint density at radius 3 is 2.90 bits per heavy atom. The van der Waals surface area contributed by atoms with Gasteiger partial charge in [0.2, 0.25) is 11.8 Å². The summed E-state index contributed by atoms with van der Waals surface area (Å²) in [4.78, 5) is 29.0. The van der Waals surface area contributed by atoms with Gasteiger partial charge in [-0.25, -0.2) is 0 Å². The number of rotatable bonds is 5. The fraction of sp³-hybridized carbons (Fsp3) is 0.348. The summed E-state index contributed by atoms with van der Waals surface area (Å²) < 4.78 is 0. The minimum absolute atomic E-state index is 0.0130. The maximum absolute atomic E-state index is 12.4. The zero-order valence-corrected chi connectivity index (χ0v) is 17.5. The van der Waals surface area contributed by atoms with Gasteiger partial charge in [-0.2, -0.15) is 0 Å². The number of benzene rings is 1. The first-order chi connectivity index (χ1) is 13.9. The highest BCUT2D eigenvalue weighted by atomic mass is 35.5. The van der Waals surface area contributed by atoms with Crippen LogP contribution in [0.4, 0.5) is 0 Å². The van der Waals surface area contributed by atoms with Crippen LogP contribution in [0.3, 0.4) is 0 Å². The number of aliphatic imine (C=N–C) groups is 1. The van der Waals surface area contributed by atoms with Crippen LogP contribution in [0.25, 0.3) is 0 Å². The zero-order chi connectivity index (χ0) is 20.8. The molecule has 1 aromatic carbocycles. The van der Waals surface area contributed by atoms with Crippen molar-refractivity contribution in [1.82, 2.24) is 10.6 Å². The van der Waals surface area contributed by atoms with Gasteiger partial charge in [0.1, 0.15) is 5.84 Å². The van der Waals surface area contributed by atoms with Crippen LogP contribution >= 0.6 is 11.6 Å². The SMILES string of the molecule is CC(C)C(=O)NCc1ccc(Cl)c(C2=NC(C3=C/C=C\CC\C=C\3)CC(=O)N2)c1. The van der Waals surface area contributed by atoms with Crippen molar-refractivity contribution >= 4 is 29.3 Å². The fourth-order valence-corrected chi connectivity index (χ4v) is 3.35. The molecule has 1 aliphatic heterocycles. The van der Waals surface area contributed by atoms with Gasteiger partial charge < -0.3 is 10.6 Å². The highest BCUT2D eigenvalue weighted by molar-refractivity contribution is 6.34. The van der Waals surface area contributed by atoms with Crippen LogP contribution in [0.2, 0.25) is 5.02 Å². The number of hydrogen-bond acceptors (Lipinski definition) is 3. The summed E-state index contributed by atoms with van der Waals surface area (Å²) >= 11 is 6.41. The number of halogens is 1. The van der Waals surface area contributed by atoms with Crippen molar-refractivity contribution < 1.29 is 9.59 Å². The lowest BCUT2D eigenvalue weighted by molar-refractivity contribution is -0.124. The van der Waals surface area contributed by atoms with Crippen LogP contribution in [-0.4, -0.2) is 23.7 Å².